The lowest BCUT2D eigenvalue weighted by Crippen LogP contribution is -2.54. The second kappa shape index (κ2) is 5.82. The quantitative estimate of drug-likeness (QED) is 0.791. The Balaban J connectivity index is 1.88. The molecule has 1 saturated heterocycles. The number of rotatable bonds is 1. The third kappa shape index (κ3) is 3.50. The fraction of sp³-hybridized carbons (Fsp3) is 0.938. The largest absolute Gasteiger partial charge is 0.337 e. The van der Waals surface area contributed by atoms with Crippen LogP contribution in [0.3, 0.4) is 0 Å². The van der Waals surface area contributed by atoms with Crippen molar-refractivity contribution in [2.75, 3.05) is 19.6 Å². The number of hydrogen-bond donors (Lipinski definition) is 1. The van der Waals surface area contributed by atoms with Gasteiger partial charge in [-0.3, -0.25) is 4.79 Å². The SMILES string of the molecule is C[C@@H]1CNCCN1C(=O)C1CCC(C(C)(C)C)CC1. The number of nitrogens with zero attached hydrogens (tertiary/aromatic N) is 1. The van der Waals surface area contributed by atoms with Crippen LogP contribution in [0.1, 0.15) is 53.4 Å². The highest BCUT2D eigenvalue weighted by Crippen LogP contribution is 2.40. The molecule has 0 spiro atoms. The van der Waals surface area contributed by atoms with E-state index in [9.17, 15) is 4.79 Å². The van der Waals surface area contributed by atoms with Gasteiger partial charge in [0.2, 0.25) is 5.91 Å². The summed E-state index contributed by atoms with van der Waals surface area (Å²) in [6.45, 7) is 11.9. The number of carbonyl (C=O) groups excluding carboxylic acids is 1. The molecule has 2 fully saturated rings. The van der Waals surface area contributed by atoms with Crippen LogP contribution >= 0.6 is 0 Å². The van der Waals surface area contributed by atoms with Gasteiger partial charge in [-0.05, 0) is 43.9 Å². The Bertz CT molecular complexity index is 313. The van der Waals surface area contributed by atoms with Crippen molar-refractivity contribution in [1.82, 2.24) is 10.2 Å². The number of nitrogens with one attached hydrogen (secondary N) is 1. The molecule has 0 aromatic carbocycles. The van der Waals surface area contributed by atoms with Crippen LogP contribution in [0.25, 0.3) is 0 Å². The number of carbonyl (C=O) groups is 1. The first kappa shape index (κ1) is 14.8. The van der Waals surface area contributed by atoms with Crippen molar-refractivity contribution < 1.29 is 4.79 Å². The zero-order valence-electron chi connectivity index (χ0n) is 13.0. The average molecular weight is 266 g/mol. The topological polar surface area (TPSA) is 32.3 Å². The van der Waals surface area contributed by atoms with E-state index in [-0.39, 0.29) is 0 Å². The van der Waals surface area contributed by atoms with Gasteiger partial charge in [0.1, 0.15) is 0 Å². The van der Waals surface area contributed by atoms with E-state index < -0.39 is 0 Å². The minimum absolute atomic E-state index is 0.291. The first-order valence-electron chi connectivity index (χ1n) is 7.91. The van der Waals surface area contributed by atoms with E-state index >= 15 is 0 Å². The highest BCUT2D eigenvalue weighted by molar-refractivity contribution is 5.79. The molecule has 1 aliphatic carbocycles. The maximum absolute atomic E-state index is 12.6. The molecule has 1 heterocycles. The Morgan fingerprint density at radius 2 is 1.79 bits per heavy atom. The second-order valence-corrected chi connectivity index (χ2v) is 7.50. The molecule has 3 nitrogen and oxygen atoms in total. The Kier molecular flexibility index (Phi) is 4.54. The zero-order chi connectivity index (χ0) is 14.0. The molecule has 19 heavy (non-hydrogen) atoms. The van der Waals surface area contributed by atoms with E-state index in [0.29, 0.717) is 23.3 Å². The summed E-state index contributed by atoms with van der Waals surface area (Å²) in [4.78, 5) is 14.7. The summed E-state index contributed by atoms with van der Waals surface area (Å²) in [5.41, 5.74) is 0.399. The molecule has 0 aromatic heterocycles. The molecule has 0 unspecified atom stereocenters. The van der Waals surface area contributed by atoms with Gasteiger partial charge in [0.05, 0.1) is 0 Å². The molecule has 3 heteroatoms. The van der Waals surface area contributed by atoms with Gasteiger partial charge in [-0.25, -0.2) is 0 Å². The molecule has 1 aliphatic heterocycles. The molecule has 2 rings (SSSR count). The first-order valence-corrected chi connectivity index (χ1v) is 7.91. The molecule has 2 aliphatic rings. The summed E-state index contributed by atoms with van der Waals surface area (Å²) in [6.07, 6.45) is 4.63. The molecule has 1 saturated carbocycles. The normalized spacial score (nSPS) is 33.3. The van der Waals surface area contributed by atoms with Crippen molar-refractivity contribution in [2.45, 2.75) is 59.4 Å². The maximum Gasteiger partial charge on any atom is 0.226 e. The van der Waals surface area contributed by atoms with Crippen LogP contribution in [0.2, 0.25) is 0 Å². The summed E-state index contributed by atoms with van der Waals surface area (Å²) < 4.78 is 0. The van der Waals surface area contributed by atoms with Crippen molar-refractivity contribution in [3.05, 3.63) is 0 Å². The number of amides is 1. The van der Waals surface area contributed by atoms with E-state index in [1.165, 1.54) is 12.8 Å². The number of piperazine rings is 1. The van der Waals surface area contributed by atoms with E-state index in [1.807, 2.05) is 0 Å². The lowest BCUT2D eigenvalue weighted by atomic mass is 9.69. The minimum atomic E-state index is 0.291. The van der Waals surface area contributed by atoms with Gasteiger partial charge in [0.25, 0.3) is 0 Å². The van der Waals surface area contributed by atoms with E-state index in [1.54, 1.807) is 0 Å². The lowest BCUT2D eigenvalue weighted by Gasteiger charge is -2.40. The third-order valence-corrected chi connectivity index (χ3v) is 5.09. The van der Waals surface area contributed by atoms with Crippen molar-refractivity contribution >= 4 is 5.91 Å². The van der Waals surface area contributed by atoms with Crippen LogP contribution in [-0.4, -0.2) is 36.5 Å². The van der Waals surface area contributed by atoms with Crippen molar-refractivity contribution in [2.24, 2.45) is 17.3 Å². The molecule has 110 valence electrons. The Hall–Kier alpha value is -0.570. The second-order valence-electron chi connectivity index (χ2n) is 7.50. The van der Waals surface area contributed by atoms with Gasteiger partial charge in [-0.1, -0.05) is 20.8 Å². The van der Waals surface area contributed by atoms with Gasteiger partial charge >= 0.3 is 0 Å². The van der Waals surface area contributed by atoms with Crippen LogP contribution in [0.15, 0.2) is 0 Å². The van der Waals surface area contributed by atoms with Gasteiger partial charge in [0, 0.05) is 31.6 Å². The third-order valence-electron chi connectivity index (χ3n) is 5.09. The highest BCUT2D eigenvalue weighted by atomic mass is 16.2. The first-order chi connectivity index (χ1) is 8.89. The summed E-state index contributed by atoms with van der Waals surface area (Å²) >= 11 is 0. The average Bonchev–Trinajstić information content (AvgIpc) is 2.38. The molecular weight excluding hydrogens is 236 g/mol. The standard InChI is InChI=1S/C16H30N2O/c1-12-11-17-9-10-18(12)15(19)13-5-7-14(8-6-13)16(2,3)4/h12-14,17H,5-11H2,1-4H3/t12-,13?,14?/m1/s1. The monoisotopic (exact) mass is 266 g/mol. The van der Waals surface area contributed by atoms with E-state index in [0.717, 1.165) is 38.4 Å². The fourth-order valence-electron chi connectivity index (χ4n) is 3.61. The maximum atomic E-state index is 12.6. The van der Waals surface area contributed by atoms with E-state index in [4.69, 9.17) is 0 Å². The van der Waals surface area contributed by atoms with Gasteiger partial charge in [-0.2, -0.15) is 0 Å². The molecule has 0 aromatic rings. The fourth-order valence-corrected chi connectivity index (χ4v) is 3.61. The minimum Gasteiger partial charge on any atom is -0.337 e. The summed E-state index contributed by atoms with van der Waals surface area (Å²) in [6, 6.07) is 0.363. The molecule has 1 atom stereocenters. The highest BCUT2D eigenvalue weighted by Gasteiger charge is 2.35. The van der Waals surface area contributed by atoms with Crippen LogP contribution in [-0.2, 0) is 4.79 Å². The zero-order valence-corrected chi connectivity index (χ0v) is 13.0. The molecule has 1 N–H and O–H groups in total. The van der Waals surface area contributed by atoms with Gasteiger partial charge in [-0.15, -0.1) is 0 Å². The van der Waals surface area contributed by atoms with Crippen LogP contribution in [0.5, 0.6) is 0 Å². The summed E-state index contributed by atoms with van der Waals surface area (Å²) in [5, 5.41) is 3.36. The predicted molar refractivity (Wildman–Crippen MR) is 78.9 cm³/mol. The molecule has 1 amide bonds. The Morgan fingerprint density at radius 3 is 2.32 bits per heavy atom. The predicted octanol–water partition coefficient (Wildman–Crippen LogP) is 2.66. The van der Waals surface area contributed by atoms with Crippen molar-refractivity contribution in [3.63, 3.8) is 0 Å². The van der Waals surface area contributed by atoms with E-state index in [2.05, 4.69) is 37.9 Å². The smallest absolute Gasteiger partial charge is 0.226 e. The van der Waals surface area contributed by atoms with Crippen molar-refractivity contribution in [3.8, 4) is 0 Å². The summed E-state index contributed by atoms with van der Waals surface area (Å²) in [5.74, 6) is 1.50. The molecular formula is C16H30N2O. The Labute approximate surface area is 118 Å². The van der Waals surface area contributed by atoms with Crippen LogP contribution < -0.4 is 5.32 Å². The van der Waals surface area contributed by atoms with Gasteiger partial charge < -0.3 is 10.2 Å². The van der Waals surface area contributed by atoms with Crippen molar-refractivity contribution in [1.29, 1.82) is 0 Å². The molecule has 0 radical (unpaired) electrons. The van der Waals surface area contributed by atoms with Gasteiger partial charge in [0.15, 0.2) is 0 Å². The van der Waals surface area contributed by atoms with Crippen LogP contribution in [0.4, 0.5) is 0 Å². The Morgan fingerprint density at radius 1 is 1.16 bits per heavy atom. The lowest BCUT2D eigenvalue weighted by molar-refractivity contribution is -0.140. The number of hydrogen-bond acceptors (Lipinski definition) is 2. The van der Waals surface area contributed by atoms with Crippen LogP contribution in [0, 0.1) is 17.3 Å². The molecule has 0 bridgehead atoms. The summed E-state index contributed by atoms with van der Waals surface area (Å²) in [7, 11) is 0.